The molecule has 0 aromatic heterocycles. The van der Waals surface area contributed by atoms with E-state index in [1.54, 1.807) is 0 Å². The molecule has 0 aromatic carbocycles. The maximum Gasteiger partial charge on any atom is 0.306 e. The van der Waals surface area contributed by atoms with Crippen molar-refractivity contribution in [2.75, 3.05) is 0 Å². The Balaban J connectivity index is 1.13. The van der Waals surface area contributed by atoms with Crippen LogP contribution < -0.4 is 0 Å². The van der Waals surface area contributed by atoms with E-state index in [1.807, 2.05) is 0 Å². The van der Waals surface area contributed by atoms with E-state index < -0.39 is 0 Å². The second-order valence-corrected chi connectivity index (χ2v) is 24.9. The summed E-state index contributed by atoms with van der Waals surface area (Å²) in [6, 6.07) is 0. The number of hydrogen-bond acceptors (Lipinski definition) is 6. The molecule has 0 aromatic rings. The zero-order valence-electron chi connectivity index (χ0n) is 49.5. The summed E-state index contributed by atoms with van der Waals surface area (Å²) in [6.45, 7) is 26.4. The van der Waals surface area contributed by atoms with Gasteiger partial charge in [0.1, 0.15) is 34.6 Å². The van der Waals surface area contributed by atoms with Crippen molar-refractivity contribution in [3.8, 4) is 0 Å². The highest BCUT2D eigenvalue weighted by Crippen LogP contribution is 2.67. The van der Waals surface area contributed by atoms with Gasteiger partial charge in [-0.25, -0.2) is 0 Å². The topological polar surface area (TPSA) is 77.7 Å². The Kier molecular flexibility index (Phi) is 26.5. The lowest BCUT2D eigenvalue weighted by Crippen LogP contribution is -2.47. The number of esters is 2. The van der Waals surface area contributed by atoms with Crippen LogP contribution in [-0.2, 0) is 28.5 Å². The van der Waals surface area contributed by atoms with Gasteiger partial charge in [-0.15, -0.1) is 0 Å². The lowest BCUT2D eigenvalue weighted by Gasteiger charge is -2.40. The predicted octanol–water partition coefficient (Wildman–Crippen LogP) is 19.5. The summed E-state index contributed by atoms with van der Waals surface area (Å²) in [5.41, 5.74) is 2.96. The van der Waals surface area contributed by atoms with Gasteiger partial charge in [-0.05, 0) is 79.4 Å². The highest BCUT2D eigenvalue weighted by atomic mass is 16.6. The van der Waals surface area contributed by atoms with Crippen molar-refractivity contribution in [1.29, 1.82) is 0 Å². The van der Waals surface area contributed by atoms with Crippen molar-refractivity contribution in [1.82, 2.24) is 0 Å². The Morgan fingerprint density at radius 1 is 0.405 bits per heavy atom. The Morgan fingerprint density at radius 2 is 0.689 bits per heavy atom. The molecule has 6 nitrogen and oxygen atoms in total. The third kappa shape index (κ3) is 19.8. The van der Waals surface area contributed by atoms with Crippen molar-refractivity contribution in [3.05, 3.63) is 107 Å². The number of hydrogen-bond donors (Lipinski definition) is 0. The maximum atomic E-state index is 12.8. The SMILES string of the molecule is CCCCCCCCCCCCCC(=O)O[C@H]1CC(C)(C)[C@]2(/C=C/C(C)=C/C=C/C(C)=C/C=C/C=C(C)/C=C/C=C(C)/C=C/[C@@]34O[C@]3(C)C[C@@H](OC(=O)CCCCCCCCCCCCC)CC4(C)C)O[C@]2(C)C1. The summed E-state index contributed by atoms with van der Waals surface area (Å²) in [6.07, 6.45) is 62.0. The molecule has 6 atom stereocenters. The van der Waals surface area contributed by atoms with Gasteiger partial charge in [-0.3, -0.25) is 9.59 Å². The highest BCUT2D eigenvalue weighted by molar-refractivity contribution is 5.70. The minimum absolute atomic E-state index is 0.0515. The van der Waals surface area contributed by atoms with Crippen molar-refractivity contribution in [2.24, 2.45) is 10.8 Å². The molecule has 0 amide bonds. The van der Waals surface area contributed by atoms with Crippen LogP contribution in [0.25, 0.3) is 0 Å². The number of unbranched alkanes of at least 4 members (excludes halogenated alkanes) is 20. The molecule has 2 saturated carbocycles. The number of carbonyl (C=O) groups excluding carboxylic acids is 2. The Bertz CT molecular complexity index is 1880. The van der Waals surface area contributed by atoms with Crippen LogP contribution in [0.5, 0.6) is 0 Å². The van der Waals surface area contributed by atoms with E-state index in [2.05, 4.69) is 168 Å². The fourth-order valence-corrected chi connectivity index (χ4v) is 12.4. The van der Waals surface area contributed by atoms with Crippen molar-refractivity contribution < 1.29 is 28.5 Å². The lowest BCUT2D eigenvalue weighted by atomic mass is 9.63. The van der Waals surface area contributed by atoms with Gasteiger partial charge < -0.3 is 18.9 Å². The van der Waals surface area contributed by atoms with Crippen LogP contribution in [-0.4, -0.2) is 46.6 Å². The number of ether oxygens (including phenoxy) is 4. The van der Waals surface area contributed by atoms with Gasteiger partial charge in [0.15, 0.2) is 0 Å². The molecule has 0 unspecified atom stereocenters. The van der Waals surface area contributed by atoms with E-state index in [4.69, 9.17) is 18.9 Å². The van der Waals surface area contributed by atoms with Crippen LogP contribution in [0.4, 0.5) is 0 Å². The van der Waals surface area contributed by atoms with Gasteiger partial charge in [-0.1, -0.05) is 265 Å². The molecule has 4 aliphatic rings. The zero-order valence-corrected chi connectivity index (χ0v) is 49.5. The molecule has 2 aliphatic heterocycles. The van der Waals surface area contributed by atoms with Gasteiger partial charge in [-0.2, -0.15) is 0 Å². The van der Waals surface area contributed by atoms with Crippen molar-refractivity contribution >= 4 is 11.9 Å². The van der Waals surface area contributed by atoms with Crippen molar-refractivity contribution in [2.45, 2.75) is 297 Å². The van der Waals surface area contributed by atoms with Gasteiger partial charge in [0, 0.05) is 36.5 Å². The van der Waals surface area contributed by atoms with E-state index in [0.717, 1.165) is 73.7 Å². The molecule has 2 saturated heterocycles. The molecule has 4 fully saturated rings. The number of rotatable bonds is 36. The quantitative estimate of drug-likeness (QED) is 0.0269. The first-order valence-electron chi connectivity index (χ1n) is 30.2. The first-order chi connectivity index (χ1) is 35.3. The second-order valence-electron chi connectivity index (χ2n) is 24.9. The molecule has 74 heavy (non-hydrogen) atoms. The van der Waals surface area contributed by atoms with Gasteiger partial charge in [0.05, 0.1) is 0 Å². The van der Waals surface area contributed by atoms with Crippen LogP contribution in [0.2, 0.25) is 0 Å². The molecule has 2 aliphatic carbocycles. The molecule has 0 N–H and O–H groups in total. The molecular weight excluding hydrogens is 913 g/mol. The Labute approximate surface area is 454 Å². The van der Waals surface area contributed by atoms with Gasteiger partial charge in [0.25, 0.3) is 0 Å². The molecular formula is C68H108O6. The van der Waals surface area contributed by atoms with E-state index in [1.165, 1.54) is 116 Å². The number of allylic oxidation sites excluding steroid dienone is 16. The molecule has 0 bridgehead atoms. The van der Waals surface area contributed by atoms with E-state index in [9.17, 15) is 9.59 Å². The summed E-state index contributed by atoms with van der Waals surface area (Å²) in [5, 5.41) is 0. The average Bonchev–Trinajstić information content (AvgIpc) is 4.18. The number of epoxide rings is 2. The summed E-state index contributed by atoms with van der Waals surface area (Å²) in [5.74, 6) is -0.103. The number of fused-ring (bicyclic) bond motifs is 2. The van der Waals surface area contributed by atoms with Crippen molar-refractivity contribution in [3.63, 3.8) is 0 Å². The maximum absolute atomic E-state index is 12.8. The molecule has 0 radical (unpaired) electrons. The lowest BCUT2D eigenvalue weighted by molar-refractivity contribution is -0.153. The van der Waals surface area contributed by atoms with Crippen LogP contribution >= 0.6 is 0 Å². The van der Waals surface area contributed by atoms with E-state index >= 15 is 0 Å². The van der Waals surface area contributed by atoms with Crippen LogP contribution in [0.1, 0.15) is 263 Å². The third-order valence-electron chi connectivity index (χ3n) is 17.0. The zero-order chi connectivity index (χ0) is 54.1. The first-order valence-corrected chi connectivity index (χ1v) is 30.2. The van der Waals surface area contributed by atoms with E-state index in [0.29, 0.717) is 12.8 Å². The summed E-state index contributed by atoms with van der Waals surface area (Å²) < 4.78 is 25.2. The Morgan fingerprint density at radius 3 is 1.00 bits per heavy atom. The fourth-order valence-electron chi connectivity index (χ4n) is 12.4. The molecule has 0 spiro atoms. The van der Waals surface area contributed by atoms with Crippen LogP contribution in [0.15, 0.2) is 107 Å². The number of carbonyl (C=O) groups is 2. The average molecular weight is 1020 g/mol. The molecule has 4 rings (SSSR count). The van der Waals surface area contributed by atoms with Crippen LogP contribution in [0.3, 0.4) is 0 Å². The highest BCUT2D eigenvalue weighted by Gasteiger charge is 2.76. The standard InChI is InChI=1S/C68H108O6/c1-13-15-17-19-21-23-25-27-29-31-33-45-61(69)71-59-51-63(7,8)67(65(11,53-59)73-67)49-47-57(5)43-37-41-55(3)39-35-36-40-56(4)42-38-44-58(6)48-50-68-64(9,10)52-60(54-66(68,12)74-68)72-62(70)46-34-32-30-28-26-24-22-20-18-16-14-2/h35-44,47-50,59-60H,13-34,45-46,51-54H2,1-12H3/b36-35+,41-37+,42-38+,49-47+,50-48+,55-39+,56-40+,57-43+,58-44+/t59-,60-,65+,66+,67-,68-/m0/s1. The predicted molar refractivity (Wildman–Crippen MR) is 313 cm³/mol. The smallest absolute Gasteiger partial charge is 0.306 e. The largest absolute Gasteiger partial charge is 0.462 e. The monoisotopic (exact) mass is 1020 g/mol. The minimum Gasteiger partial charge on any atom is -0.462 e. The second kappa shape index (κ2) is 31.1. The molecule has 2 heterocycles. The molecule has 6 heteroatoms. The van der Waals surface area contributed by atoms with Gasteiger partial charge in [0.2, 0.25) is 0 Å². The molecule has 416 valence electrons. The van der Waals surface area contributed by atoms with Crippen LogP contribution in [0, 0.1) is 10.8 Å². The fraction of sp³-hybridized carbons (Fsp3) is 0.706. The summed E-state index contributed by atoms with van der Waals surface area (Å²) in [7, 11) is 0. The summed E-state index contributed by atoms with van der Waals surface area (Å²) >= 11 is 0. The van der Waals surface area contributed by atoms with Gasteiger partial charge >= 0.3 is 11.9 Å². The minimum atomic E-state index is -0.358. The third-order valence-corrected chi connectivity index (χ3v) is 17.0. The Hall–Kier alpha value is -3.48. The van der Waals surface area contributed by atoms with E-state index in [-0.39, 0.29) is 57.4 Å². The first kappa shape index (κ1) is 63.1. The summed E-state index contributed by atoms with van der Waals surface area (Å²) in [4.78, 5) is 25.7. The normalized spacial score (nSPS) is 27.9.